The molecule has 3 heteroatoms. The molecule has 1 rings (SSSR count). The number of carbonyl (C=O) groups is 1. The molecule has 0 aliphatic heterocycles. The Balaban J connectivity index is 2.48. The fourth-order valence-corrected chi connectivity index (χ4v) is 2.64. The van der Waals surface area contributed by atoms with Gasteiger partial charge in [-0.3, -0.25) is 4.79 Å². The predicted molar refractivity (Wildman–Crippen MR) is 97.1 cm³/mol. The molecular weight excluding hydrogens is 286 g/mol. The fourth-order valence-electron chi connectivity index (χ4n) is 2.64. The van der Waals surface area contributed by atoms with Crippen molar-refractivity contribution in [2.24, 2.45) is 5.92 Å². The van der Waals surface area contributed by atoms with E-state index in [0.29, 0.717) is 11.8 Å². The van der Waals surface area contributed by atoms with Crippen LogP contribution in [0.1, 0.15) is 70.4 Å². The molecule has 0 aliphatic carbocycles. The van der Waals surface area contributed by atoms with E-state index in [2.05, 4.69) is 45.1 Å². The Labute approximate surface area is 141 Å². The van der Waals surface area contributed by atoms with E-state index in [1.165, 1.54) is 19.3 Å². The summed E-state index contributed by atoms with van der Waals surface area (Å²) < 4.78 is 5.78. The van der Waals surface area contributed by atoms with E-state index in [9.17, 15) is 4.79 Å². The number of aryl methyl sites for hydroxylation is 1. The van der Waals surface area contributed by atoms with Gasteiger partial charge in [0.25, 0.3) is 5.91 Å². The number of benzene rings is 1. The summed E-state index contributed by atoms with van der Waals surface area (Å²) in [5.74, 6) is 1.75. The third kappa shape index (κ3) is 7.06. The van der Waals surface area contributed by atoms with Crippen LogP contribution in [0.3, 0.4) is 0 Å². The molecule has 23 heavy (non-hydrogen) atoms. The van der Waals surface area contributed by atoms with Crippen LogP contribution in [0.4, 0.5) is 0 Å². The van der Waals surface area contributed by atoms with Crippen molar-refractivity contribution in [3.8, 4) is 5.75 Å². The van der Waals surface area contributed by atoms with E-state index in [1.54, 1.807) is 0 Å². The standard InChI is InChI=1S/C20H33NO2/c1-6-8-9-17(7-2)13-21-20(22)14-23-19-12-16(5)10-11-18(19)15(3)4/h10-12,15,17H,6-9,13-14H2,1-5H3,(H,21,22). The zero-order valence-electron chi connectivity index (χ0n) is 15.4. The highest BCUT2D eigenvalue weighted by Gasteiger charge is 2.12. The van der Waals surface area contributed by atoms with Crippen molar-refractivity contribution in [3.63, 3.8) is 0 Å². The van der Waals surface area contributed by atoms with Crippen LogP contribution in [0.15, 0.2) is 18.2 Å². The van der Waals surface area contributed by atoms with Crippen molar-refractivity contribution in [1.29, 1.82) is 0 Å². The molecule has 0 saturated heterocycles. The number of amides is 1. The maximum absolute atomic E-state index is 12.0. The minimum Gasteiger partial charge on any atom is -0.483 e. The topological polar surface area (TPSA) is 38.3 Å². The Morgan fingerprint density at radius 3 is 2.61 bits per heavy atom. The zero-order chi connectivity index (χ0) is 17.2. The zero-order valence-corrected chi connectivity index (χ0v) is 15.4. The molecule has 0 aromatic heterocycles. The van der Waals surface area contributed by atoms with Gasteiger partial charge in [-0.25, -0.2) is 0 Å². The molecule has 1 unspecified atom stereocenters. The molecular formula is C20H33NO2. The Morgan fingerprint density at radius 1 is 1.26 bits per heavy atom. The van der Waals surface area contributed by atoms with Gasteiger partial charge in [0, 0.05) is 6.54 Å². The molecule has 0 bridgehead atoms. The smallest absolute Gasteiger partial charge is 0.257 e. The van der Waals surface area contributed by atoms with Gasteiger partial charge in [0.2, 0.25) is 0 Å². The van der Waals surface area contributed by atoms with E-state index in [-0.39, 0.29) is 12.5 Å². The Bertz CT molecular complexity index is 483. The van der Waals surface area contributed by atoms with Crippen molar-refractivity contribution in [1.82, 2.24) is 5.32 Å². The van der Waals surface area contributed by atoms with Gasteiger partial charge in [-0.05, 0) is 42.4 Å². The molecule has 0 spiro atoms. The number of hydrogen-bond acceptors (Lipinski definition) is 2. The van der Waals surface area contributed by atoms with Crippen LogP contribution in [0.25, 0.3) is 0 Å². The highest BCUT2D eigenvalue weighted by atomic mass is 16.5. The molecule has 1 amide bonds. The van der Waals surface area contributed by atoms with Gasteiger partial charge in [0.15, 0.2) is 6.61 Å². The SMILES string of the molecule is CCCCC(CC)CNC(=O)COc1cc(C)ccc1C(C)C. The summed E-state index contributed by atoms with van der Waals surface area (Å²) in [7, 11) is 0. The highest BCUT2D eigenvalue weighted by Crippen LogP contribution is 2.27. The second-order valence-electron chi connectivity index (χ2n) is 6.71. The second-order valence-corrected chi connectivity index (χ2v) is 6.71. The van der Waals surface area contributed by atoms with Crippen LogP contribution < -0.4 is 10.1 Å². The van der Waals surface area contributed by atoms with Crippen LogP contribution in [0.2, 0.25) is 0 Å². The van der Waals surface area contributed by atoms with E-state index < -0.39 is 0 Å². The fraction of sp³-hybridized carbons (Fsp3) is 0.650. The lowest BCUT2D eigenvalue weighted by molar-refractivity contribution is -0.123. The van der Waals surface area contributed by atoms with Crippen molar-refractivity contribution >= 4 is 5.91 Å². The summed E-state index contributed by atoms with van der Waals surface area (Å²) in [4.78, 5) is 12.0. The summed E-state index contributed by atoms with van der Waals surface area (Å²) >= 11 is 0. The van der Waals surface area contributed by atoms with E-state index in [1.807, 2.05) is 13.0 Å². The van der Waals surface area contributed by atoms with Gasteiger partial charge in [-0.2, -0.15) is 0 Å². The Kier molecular flexibility index (Phi) is 8.75. The van der Waals surface area contributed by atoms with E-state index in [4.69, 9.17) is 4.74 Å². The molecule has 130 valence electrons. The first-order valence-corrected chi connectivity index (χ1v) is 8.97. The number of carbonyl (C=O) groups excluding carboxylic acids is 1. The molecule has 0 radical (unpaired) electrons. The van der Waals surface area contributed by atoms with Crippen molar-refractivity contribution < 1.29 is 9.53 Å². The van der Waals surface area contributed by atoms with Crippen molar-refractivity contribution in [2.45, 2.75) is 66.2 Å². The summed E-state index contributed by atoms with van der Waals surface area (Å²) in [5.41, 5.74) is 2.30. The summed E-state index contributed by atoms with van der Waals surface area (Å²) in [5, 5.41) is 3.01. The van der Waals surface area contributed by atoms with Gasteiger partial charge in [-0.1, -0.05) is 59.1 Å². The van der Waals surface area contributed by atoms with Gasteiger partial charge in [0.1, 0.15) is 5.75 Å². The molecule has 1 N–H and O–H groups in total. The quantitative estimate of drug-likeness (QED) is 0.671. The van der Waals surface area contributed by atoms with Crippen LogP contribution in [-0.4, -0.2) is 19.1 Å². The molecule has 0 heterocycles. The van der Waals surface area contributed by atoms with Gasteiger partial charge < -0.3 is 10.1 Å². The van der Waals surface area contributed by atoms with E-state index in [0.717, 1.165) is 29.8 Å². The average molecular weight is 319 g/mol. The molecule has 1 atom stereocenters. The molecule has 0 saturated carbocycles. The molecule has 1 aromatic carbocycles. The number of rotatable bonds is 10. The van der Waals surface area contributed by atoms with Gasteiger partial charge >= 0.3 is 0 Å². The lowest BCUT2D eigenvalue weighted by Crippen LogP contribution is -2.33. The minimum absolute atomic E-state index is 0.0313. The third-order valence-corrected chi connectivity index (χ3v) is 4.28. The molecule has 0 fully saturated rings. The monoisotopic (exact) mass is 319 g/mol. The first kappa shape index (κ1) is 19.5. The minimum atomic E-state index is -0.0313. The van der Waals surface area contributed by atoms with Crippen LogP contribution in [0, 0.1) is 12.8 Å². The number of hydrogen-bond donors (Lipinski definition) is 1. The first-order valence-electron chi connectivity index (χ1n) is 8.97. The highest BCUT2D eigenvalue weighted by molar-refractivity contribution is 5.77. The Hall–Kier alpha value is -1.51. The molecule has 3 nitrogen and oxygen atoms in total. The lowest BCUT2D eigenvalue weighted by atomic mass is 9.99. The number of ether oxygens (including phenoxy) is 1. The summed E-state index contributed by atoms with van der Waals surface area (Å²) in [6.45, 7) is 11.5. The molecule has 0 aliphatic rings. The average Bonchev–Trinajstić information content (AvgIpc) is 2.52. The maximum atomic E-state index is 12.0. The normalized spacial score (nSPS) is 12.3. The summed E-state index contributed by atoms with van der Waals surface area (Å²) in [6, 6.07) is 6.19. The summed E-state index contributed by atoms with van der Waals surface area (Å²) in [6.07, 6.45) is 4.73. The third-order valence-electron chi connectivity index (χ3n) is 4.28. The van der Waals surface area contributed by atoms with Gasteiger partial charge in [-0.15, -0.1) is 0 Å². The lowest BCUT2D eigenvalue weighted by Gasteiger charge is -2.17. The number of nitrogens with one attached hydrogen (secondary N) is 1. The van der Waals surface area contributed by atoms with Gasteiger partial charge in [0.05, 0.1) is 0 Å². The molecule has 1 aromatic rings. The first-order chi connectivity index (χ1) is 11.0. The maximum Gasteiger partial charge on any atom is 0.257 e. The second kappa shape index (κ2) is 10.3. The van der Waals surface area contributed by atoms with Crippen LogP contribution in [-0.2, 0) is 4.79 Å². The number of unbranched alkanes of at least 4 members (excludes halogenated alkanes) is 1. The predicted octanol–water partition coefficient (Wildman–Crippen LogP) is 4.83. The van der Waals surface area contributed by atoms with Crippen LogP contribution >= 0.6 is 0 Å². The van der Waals surface area contributed by atoms with Crippen molar-refractivity contribution in [3.05, 3.63) is 29.3 Å². The van der Waals surface area contributed by atoms with Crippen molar-refractivity contribution in [2.75, 3.05) is 13.2 Å². The largest absolute Gasteiger partial charge is 0.483 e. The van der Waals surface area contributed by atoms with E-state index >= 15 is 0 Å². The van der Waals surface area contributed by atoms with Crippen LogP contribution in [0.5, 0.6) is 5.75 Å². The Morgan fingerprint density at radius 2 is 2.00 bits per heavy atom.